The molecule has 0 saturated heterocycles. The summed E-state index contributed by atoms with van der Waals surface area (Å²) in [4.78, 5) is 0. The first-order chi connectivity index (χ1) is 11.0. The third-order valence-corrected chi connectivity index (χ3v) is 8.10. The number of allylic oxidation sites excluding steroid dienone is 5. The minimum absolute atomic E-state index is 0.777. The Morgan fingerprint density at radius 2 is 1.39 bits per heavy atom. The van der Waals surface area contributed by atoms with Crippen molar-refractivity contribution in [2.75, 3.05) is 0 Å². The van der Waals surface area contributed by atoms with Gasteiger partial charge in [-0.25, -0.2) is 0 Å². The molecule has 0 heterocycles. The first kappa shape index (κ1) is 17.1. The van der Waals surface area contributed by atoms with Crippen LogP contribution in [0.4, 0.5) is 0 Å². The molecule has 8 atom stereocenters. The van der Waals surface area contributed by atoms with E-state index >= 15 is 0 Å². The monoisotopic (exact) mass is 312 g/mol. The van der Waals surface area contributed by atoms with Crippen LogP contribution in [-0.4, -0.2) is 0 Å². The standard InChI is InChI=1S/C23H36/c1-6-9-19-14-20(23-11-8-7-10-22(19)23)12-13-21-17(4)15(2)16(3)18(21)5/h6-8,10-11,15-23H,1,9,12-14H2,2-5H3. The van der Waals surface area contributed by atoms with Gasteiger partial charge in [-0.1, -0.05) is 58.1 Å². The van der Waals surface area contributed by atoms with Crippen molar-refractivity contribution in [3.05, 3.63) is 37.0 Å². The van der Waals surface area contributed by atoms with Gasteiger partial charge < -0.3 is 0 Å². The molecule has 23 heavy (non-hydrogen) atoms. The molecule has 128 valence electrons. The zero-order valence-corrected chi connectivity index (χ0v) is 15.6. The molecule has 0 aromatic rings. The zero-order valence-electron chi connectivity index (χ0n) is 15.6. The van der Waals surface area contributed by atoms with Crippen LogP contribution in [0.1, 0.15) is 53.4 Å². The van der Waals surface area contributed by atoms with Gasteiger partial charge in [-0.2, -0.15) is 0 Å². The lowest BCUT2D eigenvalue weighted by atomic mass is 9.79. The maximum absolute atomic E-state index is 3.99. The highest BCUT2D eigenvalue weighted by atomic mass is 14.5. The van der Waals surface area contributed by atoms with E-state index in [1.54, 1.807) is 0 Å². The van der Waals surface area contributed by atoms with Crippen molar-refractivity contribution >= 4 is 0 Å². The van der Waals surface area contributed by atoms with Gasteiger partial charge >= 0.3 is 0 Å². The van der Waals surface area contributed by atoms with E-state index < -0.39 is 0 Å². The quantitative estimate of drug-likeness (QED) is 0.507. The van der Waals surface area contributed by atoms with E-state index in [4.69, 9.17) is 0 Å². The van der Waals surface area contributed by atoms with Gasteiger partial charge in [0.05, 0.1) is 0 Å². The summed E-state index contributed by atoms with van der Waals surface area (Å²) < 4.78 is 0. The number of hydrogen-bond acceptors (Lipinski definition) is 0. The van der Waals surface area contributed by atoms with Crippen LogP contribution in [0.25, 0.3) is 0 Å². The molecule has 0 heteroatoms. The first-order valence-corrected chi connectivity index (χ1v) is 10.0. The predicted molar refractivity (Wildman–Crippen MR) is 101 cm³/mol. The second-order valence-electron chi connectivity index (χ2n) is 8.88. The Balaban J connectivity index is 1.63. The first-order valence-electron chi connectivity index (χ1n) is 10.0. The molecule has 3 aliphatic rings. The van der Waals surface area contributed by atoms with Gasteiger partial charge in [0.1, 0.15) is 0 Å². The maximum Gasteiger partial charge on any atom is -0.0133 e. The van der Waals surface area contributed by atoms with E-state index in [1.807, 2.05) is 0 Å². The van der Waals surface area contributed by atoms with Crippen molar-refractivity contribution in [3.8, 4) is 0 Å². The van der Waals surface area contributed by atoms with Crippen molar-refractivity contribution in [1.29, 1.82) is 0 Å². The molecule has 0 spiro atoms. The summed E-state index contributed by atoms with van der Waals surface area (Å²) in [6.07, 6.45) is 17.2. The Labute approximate surface area is 144 Å². The molecule has 2 fully saturated rings. The molecule has 0 bridgehead atoms. The summed E-state index contributed by atoms with van der Waals surface area (Å²) in [5.74, 6) is 7.86. The van der Waals surface area contributed by atoms with Crippen molar-refractivity contribution < 1.29 is 0 Å². The minimum Gasteiger partial charge on any atom is -0.103 e. The Bertz CT molecular complexity index is 456. The van der Waals surface area contributed by atoms with E-state index in [0.717, 1.165) is 53.3 Å². The highest BCUT2D eigenvalue weighted by Crippen LogP contribution is 2.51. The third kappa shape index (κ3) is 3.11. The van der Waals surface area contributed by atoms with Crippen LogP contribution in [-0.2, 0) is 0 Å². The van der Waals surface area contributed by atoms with Crippen molar-refractivity contribution in [2.24, 2.45) is 53.3 Å². The fraction of sp³-hybridized carbons (Fsp3) is 0.739. The van der Waals surface area contributed by atoms with E-state index in [1.165, 1.54) is 25.7 Å². The lowest BCUT2D eigenvalue weighted by molar-refractivity contribution is 0.259. The molecule has 0 nitrogen and oxygen atoms in total. The fourth-order valence-corrected chi connectivity index (χ4v) is 6.21. The molecule has 0 amide bonds. The third-order valence-electron chi connectivity index (χ3n) is 8.10. The van der Waals surface area contributed by atoms with Gasteiger partial charge in [0.25, 0.3) is 0 Å². The van der Waals surface area contributed by atoms with E-state index in [-0.39, 0.29) is 0 Å². The summed E-state index contributed by atoms with van der Waals surface area (Å²) in [6.45, 7) is 14.0. The van der Waals surface area contributed by atoms with Gasteiger partial charge in [0, 0.05) is 0 Å². The van der Waals surface area contributed by atoms with Crippen LogP contribution < -0.4 is 0 Å². The molecule has 3 aliphatic carbocycles. The largest absolute Gasteiger partial charge is 0.103 e. The van der Waals surface area contributed by atoms with E-state index in [9.17, 15) is 0 Å². The molecule has 0 aromatic carbocycles. The van der Waals surface area contributed by atoms with Crippen LogP contribution in [0.3, 0.4) is 0 Å². The second kappa shape index (κ2) is 6.99. The minimum atomic E-state index is 0.777. The van der Waals surface area contributed by atoms with Gasteiger partial charge in [-0.05, 0) is 78.9 Å². The Morgan fingerprint density at radius 1 is 0.826 bits per heavy atom. The van der Waals surface area contributed by atoms with Crippen molar-refractivity contribution in [3.63, 3.8) is 0 Å². The highest BCUT2D eigenvalue weighted by molar-refractivity contribution is 5.19. The Kier molecular flexibility index (Phi) is 5.19. The highest BCUT2D eigenvalue weighted by Gasteiger charge is 2.43. The second-order valence-corrected chi connectivity index (χ2v) is 8.88. The molecular weight excluding hydrogens is 276 g/mol. The smallest absolute Gasteiger partial charge is 0.0133 e. The molecule has 0 N–H and O–H groups in total. The number of hydrogen-bond donors (Lipinski definition) is 0. The maximum atomic E-state index is 3.99. The topological polar surface area (TPSA) is 0 Å². The molecular formula is C23H36. The fourth-order valence-electron chi connectivity index (χ4n) is 6.21. The Hall–Kier alpha value is -0.780. The molecule has 0 radical (unpaired) electrons. The van der Waals surface area contributed by atoms with Gasteiger partial charge in [-0.3, -0.25) is 0 Å². The van der Waals surface area contributed by atoms with Crippen LogP contribution >= 0.6 is 0 Å². The Morgan fingerprint density at radius 3 is 1.96 bits per heavy atom. The van der Waals surface area contributed by atoms with Gasteiger partial charge in [0.15, 0.2) is 0 Å². The van der Waals surface area contributed by atoms with Crippen LogP contribution in [0, 0.1) is 53.3 Å². The van der Waals surface area contributed by atoms with E-state index in [0.29, 0.717) is 0 Å². The number of fused-ring (bicyclic) bond motifs is 1. The average molecular weight is 313 g/mol. The average Bonchev–Trinajstić information content (AvgIpc) is 2.99. The lowest BCUT2D eigenvalue weighted by Crippen LogP contribution is -2.18. The van der Waals surface area contributed by atoms with E-state index in [2.05, 4.69) is 64.7 Å². The molecule has 3 rings (SSSR count). The summed E-state index contributed by atoms with van der Waals surface area (Å²) in [5.41, 5.74) is 0. The van der Waals surface area contributed by atoms with Crippen LogP contribution in [0.2, 0.25) is 0 Å². The molecule has 0 aliphatic heterocycles. The molecule has 8 unspecified atom stereocenters. The summed E-state index contributed by atoms with van der Waals surface area (Å²) in [5, 5.41) is 0. The SMILES string of the molecule is C=CCC1CC(CCC2C(C)C(C)C(C)C2C)C2C=CC=CC12. The summed E-state index contributed by atoms with van der Waals surface area (Å²) in [7, 11) is 0. The molecule has 0 aromatic heterocycles. The normalized spacial score (nSPS) is 48.6. The lowest BCUT2D eigenvalue weighted by Gasteiger charge is -2.26. The van der Waals surface area contributed by atoms with Crippen LogP contribution in [0.5, 0.6) is 0 Å². The summed E-state index contributed by atoms with van der Waals surface area (Å²) >= 11 is 0. The molecule has 2 saturated carbocycles. The summed E-state index contributed by atoms with van der Waals surface area (Å²) in [6, 6.07) is 0. The van der Waals surface area contributed by atoms with Gasteiger partial charge in [0.2, 0.25) is 0 Å². The van der Waals surface area contributed by atoms with Crippen LogP contribution in [0.15, 0.2) is 37.0 Å². The number of rotatable bonds is 5. The zero-order chi connectivity index (χ0) is 16.6. The van der Waals surface area contributed by atoms with Crippen molar-refractivity contribution in [1.82, 2.24) is 0 Å². The van der Waals surface area contributed by atoms with Gasteiger partial charge in [-0.15, -0.1) is 6.58 Å². The van der Waals surface area contributed by atoms with Crippen molar-refractivity contribution in [2.45, 2.75) is 53.4 Å². The predicted octanol–water partition coefficient (Wildman–Crippen LogP) is 6.51.